The number of rotatable bonds is 0. The van der Waals surface area contributed by atoms with E-state index < -0.39 is 0 Å². The normalized spacial score (nSPS) is 10.9. The second kappa shape index (κ2) is 1.76. The van der Waals surface area contributed by atoms with E-state index in [4.69, 9.17) is 10.2 Å². The lowest BCUT2D eigenvalue weighted by Crippen LogP contribution is -1.83. The van der Waals surface area contributed by atoms with E-state index >= 15 is 0 Å². The van der Waals surface area contributed by atoms with Crippen molar-refractivity contribution in [3.05, 3.63) is 10.7 Å². The van der Waals surface area contributed by atoms with Crippen LogP contribution in [0.5, 0.6) is 0 Å². The van der Waals surface area contributed by atoms with Gasteiger partial charge >= 0.3 is 0 Å². The smallest absolute Gasteiger partial charge is 0.248 e. The van der Waals surface area contributed by atoms with E-state index in [1.165, 1.54) is 0 Å². The summed E-state index contributed by atoms with van der Waals surface area (Å²) in [6, 6.07) is 0. The molecule has 4 nitrogen and oxygen atoms in total. The highest BCUT2D eigenvalue weighted by Gasteiger charge is 2.08. The van der Waals surface area contributed by atoms with Crippen molar-refractivity contribution in [2.45, 2.75) is 0 Å². The van der Waals surface area contributed by atoms with Crippen molar-refractivity contribution in [3.8, 4) is 0 Å². The number of fused-ring (bicyclic) bond motifs is 1. The molecule has 0 fully saturated rings. The fourth-order valence-corrected chi connectivity index (χ4v) is 1.30. The number of H-pyrrole nitrogens is 1. The Morgan fingerprint density at radius 1 is 1.70 bits per heavy atom. The molecule has 0 amide bonds. The molecule has 2 rings (SSSR count). The van der Waals surface area contributed by atoms with Gasteiger partial charge in [0.2, 0.25) is 5.71 Å². The number of halogens is 1. The van der Waals surface area contributed by atoms with Gasteiger partial charge in [-0.15, -0.1) is 5.10 Å². The minimum Gasteiger partial charge on any atom is -0.444 e. The molecule has 0 aliphatic heterocycles. The second-order valence-electron chi connectivity index (χ2n) is 1.90. The van der Waals surface area contributed by atoms with Crippen LogP contribution in [0.2, 0.25) is 0 Å². The molecule has 0 bridgehead atoms. The molecular weight excluding hydrogens is 198 g/mol. The van der Waals surface area contributed by atoms with Gasteiger partial charge in [0, 0.05) is 0 Å². The lowest BCUT2D eigenvalue weighted by atomic mass is 10.4. The van der Waals surface area contributed by atoms with Crippen LogP contribution in [0, 0.1) is 0 Å². The predicted molar refractivity (Wildman–Crippen MR) is 40.5 cm³/mol. The summed E-state index contributed by atoms with van der Waals surface area (Å²) in [5, 5.41) is 7.20. The predicted octanol–water partition coefficient (Wildman–Crippen LogP) is 1.50. The molecule has 52 valence electrons. The van der Waals surface area contributed by atoms with Crippen molar-refractivity contribution in [2.24, 2.45) is 0 Å². The Kier molecular flexibility index (Phi) is 1.02. The number of anilines is 1. The number of nitrogens with one attached hydrogen (secondary N) is 1. The van der Waals surface area contributed by atoms with Crippen LogP contribution in [0.4, 0.5) is 5.82 Å². The molecule has 2 heterocycles. The first-order valence-corrected chi connectivity index (χ1v) is 3.45. The highest BCUT2D eigenvalue weighted by Crippen LogP contribution is 2.28. The SMILES string of the molecule is Nc1[nH]nc2occ(Br)c12. The molecule has 2 aromatic heterocycles. The summed E-state index contributed by atoms with van der Waals surface area (Å²) in [6.07, 6.45) is 1.56. The minimum absolute atomic E-state index is 0.524. The molecule has 0 atom stereocenters. The Bertz CT molecular complexity index is 332. The standard InChI is InChI=1S/C5H4BrN3O/c6-2-1-10-5-3(2)4(7)8-9-5/h1H,(H3,7,8,9). The van der Waals surface area contributed by atoms with E-state index in [1.807, 2.05) is 0 Å². The summed E-state index contributed by atoms with van der Waals surface area (Å²) in [4.78, 5) is 0. The number of nitrogens with two attached hydrogens (primary N) is 1. The lowest BCUT2D eigenvalue weighted by Gasteiger charge is -1.80. The molecule has 0 radical (unpaired) electrons. The Morgan fingerprint density at radius 3 is 3.20 bits per heavy atom. The first-order valence-electron chi connectivity index (χ1n) is 2.65. The maximum atomic E-state index is 5.51. The van der Waals surface area contributed by atoms with E-state index in [0.29, 0.717) is 11.5 Å². The van der Waals surface area contributed by atoms with Crippen LogP contribution in [-0.4, -0.2) is 10.2 Å². The largest absolute Gasteiger partial charge is 0.444 e. The van der Waals surface area contributed by atoms with Gasteiger partial charge in [-0.1, -0.05) is 0 Å². The Morgan fingerprint density at radius 2 is 2.50 bits per heavy atom. The second-order valence-corrected chi connectivity index (χ2v) is 2.76. The van der Waals surface area contributed by atoms with Crippen molar-refractivity contribution in [1.29, 1.82) is 0 Å². The van der Waals surface area contributed by atoms with Crippen molar-refractivity contribution >= 4 is 32.8 Å². The minimum atomic E-state index is 0.524. The third-order valence-corrected chi connectivity index (χ3v) is 1.86. The van der Waals surface area contributed by atoms with E-state index in [9.17, 15) is 0 Å². The van der Waals surface area contributed by atoms with Crippen molar-refractivity contribution in [3.63, 3.8) is 0 Å². The molecule has 0 unspecified atom stereocenters. The number of aromatic amines is 1. The van der Waals surface area contributed by atoms with Gasteiger partial charge in [0.15, 0.2) is 0 Å². The number of nitrogen functional groups attached to an aromatic ring is 1. The molecule has 0 aromatic carbocycles. The monoisotopic (exact) mass is 201 g/mol. The number of furan rings is 1. The quantitative estimate of drug-likeness (QED) is 0.680. The first-order chi connectivity index (χ1) is 4.79. The molecule has 0 spiro atoms. The van der Waals surface area contributed by atoms with Gasteiger partial charge in [0.1, 0.15) is 12.1 Å². The summed E-state index contributed by atoms with van der Waals surface area (Å²) >= 11 is 3.26. The zero-order valence-corrected chi connectivity index (χ0v) is 6.47. The molecule has 0 aliphatic rings. The number of hydrogen-bond acceptors (Lipinski definition) is 3. The molecule has 10 heavy (non-hydrogen) atoms. The van der Waals surface area contributed by atoms with Crippen molar-refractivity contribution < 1.29 is 4.42 Å². The summed E-state index contributed by atoms with van der Waals surface area (Å²) in [5.74, 6) is 0.524. The summed E-state index contributed by atoms with van der Waals surface area (Å²) < 4.78 is 5.83. The van der Waals surface area contributed by atoms with Crippen LogP contribution in [0.15, 0.2) is 15.2 Å². The van der Waals surface area contributed by atoms with Crippen LogP contribution in [0.3, 0.4) is 0 Å². The molecule has 3 N–H and O–H groups in total. The molecule has 2 aromatic rings. The zero-order chi connectivity index (χ0) is 7.14. The number of nitrogens with zero attached hydrogens (tertiary/aromatic N) is 1. The first kappa shape index (κ1) is 5.79. The number of hydrogen-bond donors (Lipinski definition) is 2. The highest BCUT2D eigenvalue weighted by molar-refractivity contribution is 9.10. The average Bonchev–Trinajstić information content (AvgIpc) is 2.40. The van der Waals surface area contributed by atoms with E-state index in [-0.39, 0.29) is 0 Å². The van der Waals surface area contributed by atoms with Crippen molar-refractivity contribution in [2.75, 3.05) is 5.73 Å². The van der Waals surface area contributed by atoms with Crippen LogP contribution in [0.25, 0.3) is 11.1 Å². The maximum Gasteiger partial charge on any atom is 0.248 e. The van der Waals surface area contributed by atoms with E-state index in [0.717, 1.165) is 9.86 Å². The molecule has 5 heteroatoms. The van der Waals surface area contributed by atoms with Gasteiger partial charge < -0.3 is 10.2 Å². The van der Waals surface area contributed by atoms with E-state index in [2.05, 4.69) is 26.1 Å². The molecule has 0 aliphatic carbocycles. The third-order valence-electron chi connectivity index (χ3n) is 1.27. The molecule has 0 saturated heterocycles. The third kappa shape index (κ3) is 0.578. The van der Waals surface area contributed by atoms with Crippen LogP contribution in [0.1, 0.15) is 0 Å². The van der Waals surface area contributed by atoms with Crippen LogP contribution < -0.4 is 5.73 Å². The summed E-state index contributed by atoms with van der Waals surface area (Å²) in [6.45, 7) is 0. The average molecular weight is 202 g/mol. The summed E-state index contributed by atoms with van der Waals surface area (Å²) in [7, 11) is 0. The van der Waals surface area contributed by atoms with Gasteiger partial charge in [-0.25, -0.2) is 0 Å². The van der Waals surface area contributed by atoms with Crippen LogP contribution in [-0.2, 0) is 0 Å². The Hall–Kier alpha value is -0.970. The number of aromatic nitrogens is 2. The van der Waals surface area contributed by atoms with Gasteiger partial charge in [-0.2, -0.15) is 0 Å². The van der Waals surface area contributed by atoms with Crippen molar-refractivity contribution in [1.82, 2.24) is 10.2 Å². The fraction of sp³-hybridized carbons (Fsp3) is 0. The molecule has 0 saturated carbocycles. The molecular formula is C5H4BrN3O. The van der Waals surface area contributed by atoms with Gasteiger partial charge in [0.05, 0.1) is 9.86 Å². The fourth-order valence-electron chi connectivity index (χ4n) is 0.821. The highest BCUT2D eigenvalue weighted by atomic mass is 79.9. The topological polar surface area (TPSA) is 67.8 Å². The van der Waals surface area contributed by atoms with Gasteiger partial charge in [-0.05, 0) is 15.9 Å². The summed E-state index contributed by atoms with van der Waals surface area (Å²) in [5.41, 5.74) is 6.05. The Labute approximate surface area is 64.5 Å². The lowest BCUT2D eigenvalue weighted by molar-refractivity contribution is 0.597. The Balaban J connectivity index is 2.98. The van der Waals surface area contributed by atoms with Gasteiger partial charge in [-0.3, -0.25) is 5.10 Å². The maximum absolute atomic E-state index is 5.51. The van der Waals surface area contributed by atoms with Crippen LogP contribution >= 0.6 is 15.9 Å². The van der Waals surface area contributed by atoms with Gasteiger partial charge in [0.25, 0.3) is 0 Å². The zero-order valence-electron chi connectivity index (χ0n) is 4.89. The van der Waals surface area contributed by atoms with E-state index in [1.54, 1.807) is 6.26 Å².